The summed E-state index contributed by atoms with van der Waals surface area (Å²) in [5.74, 6) is 0.0182. The van der Waals surface area contributed by atoms with E-state index in [9.17, 15) is 4.79 Å². The van der Waals surface area contributed by atoms with Gasteiger partial charge in [0.05, 0.1) is 5.56 Å². The summed E-state index contributed by atoms with van der Waals surface area (Å²) < 4.78 is 3.31. The van der Waals surface area contributed by atoms with Gasteiger partial charge in [0.25, 0.3) is 5.91 Å². The molecule has 1 fully saturated rings. The quantitative estimate of drug-likeness (QED) is 0.315. The molecule has 0 spiro atoms. The minimum atomic E-state index is 0.0182. The van der Waals surface area contributed by atoms with Crippen LogP contribution in [-0.2, 0) is 7.05 Å². The first-order valence-corrected chi connectivity index (χ1v) is 13.2. The van der Waals surface area contributed by atoms with Crippen molar-refractivity contribution in [3.8, 4) is 11.3 Å². The summed E-state index contributed by atoms with van der Waals surface area (Å²) in [5.41, 5.74) is 8.07. The zero-order valence-electron chi connectivity index (χ0n) is 20.7. The number of hydrogen-bond acceptors (Lipinski definition) is 3. The van der Waals surface area contributed by atoms with Crippen LogP contribution in [0.1, 0.15) is 33.6 Å². The number of nitrogens with zero attached hydrogens (tertiary/aromatic N) is 3. The zero-order chi connectivity index (χ0) is 24.2. The summed E-state index contributed by atoms with van der Waals surface area (Å²) >= 11 is 2.31. The van der Waals surface area contributed by atoms with Crippen molar-refractivity contribution in [1.82, 2.24) is 14.8 Å². The van der Waals surface area contributed by atoms with Gasteiger partial charge in [-0.2, -0.15) is 0 Å². The van der Waals surface area contributed by atoms with Gasteiger partial charge >= 0.3 is 0 Å². The molecule has 0 atom stereocenters. The van der Waals surface area contributed by atoms with Crippen LogP contribution in [0.4, 0.5) is 5.69 Å². The van der Waals surface area contributed by atoms with Crippen LogP contribution < -0.4 is 10.2 Å². The highest BCUT2D eigenvalue weighted by Crippen LogP contribution is 2.26. The Morgan fingerprint density at radius 1 is 1.00 bits per heavy atom. The highest BCUT2D eigenvalue weighted by atomic mass is 127. The number of rotatable bonds is 7. The molecule has 4 rings (SSSR count). The minimum absolute atomic E-state index is 0.0182. The molecule has 1 N–H and O–H groups in total. The summed E-state index contributed by atoms with van der Waals surface area (Å²) in [4.78, 5) is 17.9. The maximum atomic E-state index is 12.9. The monoisotopic (exact) mass is 570 g/mol. The maximum absolute atomic E-state index is 12.9. The summed E-state index contributed by atoms with van der Waals surface area (Å²) in [6.07, 6.45) is 0.963. The fourth-order valence-electron chi connectivity index (χ4n) is 4.72. The zero-order valence-corrected chi connectivity index (χ0v) is 22.9. The summed E-state index contributed by atoms with van der Waals surface area (Å²) in [6, 6.07) is 17.0. The lowest BCUT2D eigenvalue weighted by molar-refractivity contribution is 0.0951. The Kier molecular flexibility index (Phi) is 7.99. The van der Waals surface area contributed by atoms with Crippen molar-refractivity contribution in [3.63, 3.8) is 0 Å². The third-order valence-corrected chi connectivity index (χ3v) is 7.86. The highest BCUT2D eigenvalue weighted by molar-refractivity contribution is 14.1. The molecule has 34 heavy (non-hydrogen) atoms. The fourth-order valence-corrected chi connectivity index (χ4v) is 5.08. The van der Waals surface area contributed by atoms with E-state index in [-0.39, 0.29) is 5.91 Å². The molecule has 2 aromatic carbocycles. The van der Waals surface area contributed by atoms with E-state index in [2.05, 4.69) is 98.6 Å². The molecule has 0 saturated carbocycles. The number of benzene rings is 2. The van der Waals surface area contributed by atoms with Gasteiger partial charge in [0.1, 0.15) is 0 Å². The number of piperazine rings is 1. The van der Waals surface area contributed by atoms with Crippen LogP contribution in [0, 0.1) is 24.3 Å². The van der Waals surface area contributed by atoms with Gasteiger partial charge in [0, 0.05) is 60.4 Å². The Bertz CT molecular complexity index is 1140. The molecule has 0 bridgehead atoms. The number of amides is 1. The third kappa shape index (κ3) is 5.49. The number of carbonyl (C=O) groups excluding carboxylic acids is 1. The van der Waals surface area contributed by atoms with Crippen molar-refractivity contribution >= 4 is 34.2 Å². The van der Waals surface area contributed by atoms with Crippen LogP contribution in [-0.4, -0.2) is 54.6 Å². The molecule has 0 unspecified atom stereocenters. The molecule has 1 saturated heterocycles. The van der Waals surface area contributed by atoms with Crippen LogP contribution >= 0.6 is 22.6 Å². The van der Waals surface area contributed by atoms with E-state index in [1.165, 1.54) is 20.4 Å². The molecule has 180 valence electrons. The maximum Gasteiger partial charge on any atom is 0.253 e. The first-order valence-electron chi connectivity index (χ1n) is 12.1. The average molecular weight is 571 g/mol. The predicted octanol–water partition coefficient (Wildman–Crippen LogP) is 5.16. The SMILES string of the molecule is Cc1cccc(N2CCN(CCCNC(=O)c3cc(-c4ccc(I)cc4)n(C)c3C)CC2)c1C. The van der Waals surface area contributed by atoms with Gasteiger partial charge in [0.2, 0.25) is 0 Å². The van der Waals surface area contributed by atoms with Crippen LogP contribution in [0.5, 0.6) is 0 Å². The standard InChI is InChI=1S/C28H35IN4O/c1-20-7-5-8-26(21(20)2)33-17-15-32(16-18-33)14-6-13-30-28(34)25-19-27(31(4)22(25)3)23-9-11-24(29)12-10-23/h5,7-12,19H,6,13-18H2,1-4H3,(H,30,34). The van der Waals surface area contributed by atoms with Crippen LogP contribution in [0.3, 0.4) is 0 Å². The van der Waals surface area contributed by atoms with Gasteiger partial charge in [-0.1, -0.05) is 24.3 Å². The lowest BCUT2D eigenvalue weighted by Gasteiger charge is -2.37. The Balaban J connectivity index is 1.25. The van der Waals surface area contributed by atoms with Gasteiger partial charge in [-0.25, -0.2) is 0 Å². The van der Waals surface area contributed by atoms with E-state index in [1.807, 2.05) is 20.0 Å². The molecule has 0 radical (unpaired) electrons. The van der Waals surface area contributed by atoms with E-state index in [4.69, 9.17) is 0 Å². The van der Waals surface area contributed by atoms with E-state index >= 15 is 0 Å². The van der Waals surface area contributed by atoms with Crippen LogP contribution in [0.15, 0.2) is 48.5 Å². The molecule has 5 nitrogen and oxygen atoms in total. The third-order valence-electron chi connectivity index (χ3n) is 7.15. The molecule has 0 aliphatic carbocycles. The van der Waals surface area contributed by atoms with Crippen LogP contribution in [0.2, 0.25) is 0 Å². The number of hydrogen-bond donors (Lipinski definition) is 1. The summed E-state index contributed by atoms with van der Waals surface area (Å²) in [5, 5.41) is 3.14. The van der Waals surface area contributed by atoms with Crippen molar-refractivity contribution < 1.29 is 4.79 Å². The van der Waals surface area contributed by atoms with E-state index in [1.54, 1.807) is 0 Å². The van der Waals surface area contributed by atoms with Crippen molar-refractivity contribution in [1.29, 1.82) is 0 Å². The number of aryl methyl sites for hydroxylation is 1. The molecule has 6 heteroatoms. The molecule has 2 heterocycles. The molecule has 1 aliphatic rings. The Morgan fingerprint density at radius 2 is 1.71 bits per heavy atom. The van der Waals surface area contributed by atoms with Gasteiger partial charge in [-0.15, -0.1) is 0 Å². The first-order chi connectivity index (χ1) is 16.3. The first kappa shape index (κ1) is 24.8. The van der Waals surface area contributed by atoms with Gasteiger partial charge < -0.3 is 14.8 Å². The van der Waals surface area contributed by atoms with Gasteiger partial charge in [0.15, 0.2) is 0 Å². The molecule has 3 aromatic rings. The Labute approximate surface area is 217 Å². The molecular weight excluding hydrogens is 535 g/mol. The molecule has 1 aliphatic heterocycles. The lowest BCUT2D eigenvalue weighted by Crippen LogP contribution is -2.47. The smallest absolute Gasteiger partial charge is 0.253 e. The van der Waals surface area contributed by atoms with Crippen LogP contribution in [0.25, 0.3) is 11.3 Å². The summed E-state index contributed by atoms with van der Waals surface area (Å²) in [6.45, 7) is 12.4. The molecular formula is C28H35IN4O. The van der Waals surface area contributed by atoms with Gasteiger partial charge in [-0.3, -0.25) is 9.69 Å². The predicted molar refractivity (Wildman–Crippen MR) is 150 cm³/mol. The average Bonchev–Trinajstić information content (AvgIpc) is 3.14. The second-order valence-electron chi connectivity index (χ2n) is 9.25. The van der Waals surface area contributed by atoms with E-state index < -0.39 is 0 Å². The normalized spacial score (nSPS) is 14.4. The largest absolute Gasteiger partial charge is 0.369 e. The van der Waals surface area contributed by atoms with E-state index in [0.717, 1.165) is 61.7 Å². The Morgan fingerprint density at radius 3 is 2.41 bits per heavy atom. The highest BCUT2D eigenvalue weighted by Gasteiger charge is 2.19. The van der Waals surface area contributed by atoms with Gasteiger partial charge in [-0.05, 0) is 97.3 Å². The number of carbonyl (C=O) groups is 1. The number of aromatic nitrogens is 1. The fraction of sp³-hybridized carbons (Fsp3) is 0.393. The van der Waals surface area contributed by atoms with Crippen molar-refractivity contribution in [2.75, 3.05) is 44.2 Å². The molecule has 1 amide bonds. The van der Waals surface area contributed by atoms with Crippen molar-refractivity contribution in [2.45, 2.75) is 27.2 Å². The second kappa shape index (κ2) is 11.0. The van der Waals surface area contributed by atoms with Crippen molar-refractivity contribution in [3.05, 3.63) is 74.5 Å². The summed E-state index contributed by atoms with van der Waals surface area (Å²) in [7, 11) is 2.03. The topological polar surface area (TPSA) is 40.5 Å². The number of anilines is 1. The second-order valence-corrected chi connectivity index (χ2v) is 10.5. The van der Waals surface area contributed by atoms with E-state index in [0.29, 0.717) is 6.54 Å². The number of halogens is 1. The Hall–Kier alpha value is -2.32. The number of nitrogens with one attached hydrogen (secondary N) is 1. The van der Waals surface area contributed by atoms with Crippen molar-refractivity contribution in [2.24, 2.45) is 7.05 Å². The minimum Gasteiger partial charge on any atom is -0.369 e. The lowest BCUT2D eigenvalue weighted by atomic mass is 10.1. The molecule has 1 aromatic heterocycles.